The van der Waals surface area contributed by atoms with Gasteiger partial charge in [-0.2, -0.15) is 0 Å². The van der Waals surface area contributed by atoms with E-state index in [2.05, 4.69) is 18.3 Å². The summed E-state index contributed by atoms with van der Waals surface area (Å²) < 4.78 is 11.1. The van der Waals surface area contributed by atoms with Gasteiger partial charge in [0.05, 0.1) is 12.3 Å². The molecule has 3 rings (SSSR count). The van der Waals surface area contributed by atoms with E-state index >= 15 is 0 Å². The predicted octanol–water partition coefficient (Wildman–Crippen LogP) is 4.19. The van der Waals surface area contributed by atoms with Gasteiger partial charge in [-0.1, -0.05) is 18.2 Å². The van der Waals surface area contributed by atoms with Crippen LogP contribution in [0.1, 0.15) is 43.9 Å². The number of rotatable bonds is 6. The van der Waals surface area contributed by atoms with E-state index in [1.54, 1.807) is 18.4 Å². The van der Waals surface area contributed by atoms with Gasteiger partial charge in [-0.05, 0) is 44.5 Å². The minimum Gasteiger partial charge on any atom is -0.467 e. The molecule has 0 amide bonds. The Morgan fingerprint density at radius 3 is 2.64 bits per heavy atom. The van der Waals surface area contributed by atoms with Gasteiger partial charge in [0.1, 0.15) is 23.2 Å². The summed E-state index contributed by atoms with van der Waals surface area (Å²) in [5.41, 5.74) is 0.898. The fourth-order valence-corrected chi connectivity index (χ4v) is 2.72. The highest BCUT2D eigenvalue weighted by Gasteiger charge is 2.18. The molecule has 1 aromatic carbocycles. The number of aliphatic hydroxyl groups is 1. The molecule has 0 fully saturated rings. The Balaban J connectivity index is 1.62. The summed E-state index contributed by atoms with van der Waals surface area (Å²) in [6, 6.07) is 13.8. The third-order valence-electron chi connectivity index (χ3n) is 3.85. The van der Waals surface area contributed by atoms with Gasteiger partial charge in [0.25, 0.3) is 0 Å². The molecule has 0 spiro atoms. The summed E-state index contributed by atoms with van der Waals surface area (Å²) in [5, 5.41) is 14.7. The van der Waals surface area contributed by atoms with Crippen LogP contribution in [0.2, 0.25) is 0 Å². The van der Waals surface area contributed by atoms with Crippen LogP contribution in [0.5, 0.6) is 0 Å². The first-order chi connectivity index (χ1) is 10.6. The maximum atomic E-state index is 10.1. The van der Waals surface area contributed by atoms with Crippen LogP contribution in [0.15, 0.2) is 57.6 Å². The summed E-state index contributed by atoms with van der Waals surface area (Å²) in [5.74, 6) is 1.51. The van der Waals surface area contributed by atoms with E-state index in [1.807, 2.05) is 31.2 Å². The summed E-state index contributed by atoms with van der Waals surface area (Å²) in [4.78, 5) is 0. The molecule has 3 unspecified atom stereocenters. The molecule has 0 aliphatic rings. The lowest BCUT2D eigenvalue weighted by atomic mass is 10.1. The zero-order valence-corrected chi connectivity index (χ0v) is 12.8. The lowest BCUT2D eigenvalue weighted by Gasteiger charge is -2.20. The molecule has 0 radical (unpaired) electrons. The second kappa shape index (κ2) is 6.38. The van der Waals surface area contributed by atoms with Gasteiger partial charge < -0.3 is 19.3 Å². The standard InChI is InChI=1S/C18H21NO3/c1-12(10-15(20)17-8-5-9-21-17)19-13(2)18-11-14-6-3-4-7-16(14)22-18/h3-9,11-13,15,19-20H,10H2,1-2H3. The van der Waals surface area contributed by atoms with E-state index < -0.39 is 6.10 Å². The fourth-order valence-electron chi connectivity index (χ4n) is 2.72. The first-order valence-corrected chi connectivity index (χ1v) is 7.59. The average Bonchev–Trinajstić information content (AvgIpc) is 3.16. The molecule has 4 nitrogen and oxygen atoms in total. The molecular formula is C18H21NO3. The number of aliphatic hydroxyl groups excluding tert-OH is 1. The number of hydrogen-bond acceptors (Lipinski definition) is 4. The van der Waals surface area contributed by atoms with Crippen LogP contribution in [0.25, 0.3) is 11.0 Å². The number of benzene rings is 1. The number of furan rings is 2. The molecule has 2 N–H and O–H groups in total. The van der Waals surface area contributed by atoms with Crippen molar-refractivity contribution in [1.29, 1.82) is 0 Å². The fraction of sp³-hybridized carbons (Fsp3) is 0.333. The molecule has 0 bridgehead atoms. The van der Waals surface area contributed by atoms with Gasteiger partial charge in [-0.25, -0.2) is 0 Å². The Bertz CT molecular complexity index is 684. The van der Waals surface area contributed by atoms with Crippen molar-refractivity contribution in [2.24, 2.45) is 0 Å². The first kappa shape index (κ1) is 14.9. The highest BCUT2D eigenvalue weighted by molar-refractivity contribution is 5.77. The highest BCUT2D eigenvalue weighted by Crippen LogP contribution is 2.25. The molecule has 3 aromatic rings. The lowest BCUT2D eigenvalue weighted by Crippen LogP contribution is -2.30. The third-order valence-corrected chi connectivity index (χ3v) is 3.85. The molecule has 3 atom stereocenters. The minimum atomic E-state index is -0.597. The molecule has 22 heavy (non-hydrogen) atoms. The molecule has 0 saturated carbocycles. The van der Waals surface area contributed by atoms with Gasteiger partial charge in [0.2, 0.25) is 0 Å². The monoisotopic (exact) mass is 299 g/mol. The first-order valence-electron chi connectivity index (χ1n) is 7.59. The molecule has 0 saturated heterocycles. The zero-order chi connectivity index (χ0) is 15.5. The van der Waals surface area contributed by atoms with E-state index in [1.165, 1.54) is 0 Å². The Morgan fingerprint density at radius 2 is 1.91 bits per heavy atom. The Hall–Kier alpha value is -2.04. The average molecular weight is 299 g/mol. The van der Waals surface area contributed by atoms with Gasteiger partial charge in [0, 0.05) is 11.4 Å². The van der Waals surface area contributed by atoms with Crippen molar-refractivity contribution in [3.05, 3.63) is 60.2 Å². The number of para-hydroxylation sites is 1. The second-order valence-electron chi connectivity index (χ2n) is 5.74. The van der Waals surface area contributed by atoms with Gasteiger partial charge in [0.15, 0.2) is 0 Å². The third kappa shape index (κ3) is 3.24. The second-order valence-corrected chi connectivity index (χ2v) is 5.74. The largest absolute Gasteiger partial charge is 0.467 e. The number of fused-ring (bicyclic) bond motifs is 1. The van der Waals surface area contributed by atoms with E-state index in [0.717, 1.165) is 16.7 Å². The number of nitrogens with one attached hydrogen (secondary N) is 1. The van der Waals surface area contributed by atoms with Gasteiger partial charge >= 0.3 is 0 Å². The summed E-state index contributed by atoms with van der Waals surface area (Å²) in [6.07, 6.45) is 1.56. The van der Waals surface area contributed by atoms with Crippen molar-refractivity contribution in [3.63, 3.8) is 0 Å². The summed E-state index contributed by atoms with van der Waals surface area (Å²) in [6.45, 7) is 4.11. The van der Waals surface area contributed by atoms with Crippen molar-refractivity contribution in [2.45, 2.75) is 38.5 Å². The Morgan fingerprint density at radius 1 is 1.09 bits per heavy atom. The molecule has 4 heteroatoms. The Labute approximate surface area is 129 Å². The quantitative estimate of drug-likeness (QED) is 0.716. The van der Waals surface area contributed by atoms with Crippen LogP contribution in [-0.2, 0) is 0 Å². The smallest absolute Gasteiger partial charge is 0.134 e. The van der Waals surface area contributed by atoms with E-state index in [-0.39, 0.29) is 12.1 Å². The SMILES string of the molecule is CC(CC(O)c1ccco1)NC(C)c1cc2ccccc2o1. The van der Waals surface area contributed by atoms with Crippen LogP contribution in [-0.4, -0.2) is 11.1 Å². The molecular weight excluding hydrogens is 278 g/mol. The van der Waals surface area contributed by atoms with E-state index in [9.17, 15) is 5.11 Å². The van der Waals surface area contributed by atoms with Gasteiger partial charge in [-0.15, -0.1) is 0 Å². The van der Waals surface area contributed by atoms with Crippen LogP contribution < -0.4 is 5.32 Å². The topological polar surface area (TPSA) is 58.5 Å². The predicted molar refractivity (Wildman–Crippen MR) is 85.5 cm³/mol. The molecule has 2 aromatic heterocycles. The normalized spacial score (nSPS) is 15.8. The summed E-state index contributed by atoms with van der Waals surface area (Å²) >= 11 is 0. The Kier molecular flexibility index (Phi) is 4.32. The van der Waals surface area contributed by atoms with Crippen molar-refractivity contribution in [2.75, 3.05) is 0 Å². The maximum absolute atomic E-state index is 10.1. The van der Waals surface area contributed by atoms with Crippen LogP contribution in [0.3, 0.4) is 0 Å². The lowest BCUT2D eigenvalue weighted by molar-refractivity contribution is 0.126. The van der Waals surface area contributed by atoms with Crippen LogP contribution in [0, 0.1) is 0 Å². The molecule has 2 heterocycles. The zero-order valence-electron chi connectivity index (χ0n) is 12.8. The van der Waals surface area contributed by atoms with Crippen molar-refractivity contribution < 1.29 is 13.9 Å². The molecule has 0 aliphatic carbocycles. The summed E-state index contributed by atoms with van der Waals surface area (Å²) in [7, 11) is 0. The van der Waals surface area contributed by atoms with E-state index in [0.29, 0.717) is 12.2 Å². The van der Waals surface area contributed by atoms with Crippen molar-refractivity contribution in [1.82, 2.24) is 5.32 Å². The maximum Gasteiger partial charge on any atom is 0.134 e. The van der Waals surface area contributed by atoms with Crippen LogP contribution in [0.4, 0.5) is 0 Å². The minimum absolute atomic E-state index is 0.0752. The number of hydrogen-bond donors (Lipinski definition) is 2. The van der Waals surface area contributed by atoms with Crippen molar-refractivity contribution in [3.8, 4) is 0 Å². The van der Waals surface area contributed by atoms with Crippen molar-refractivity contribution >= 4 is 11.0 Å². The molecule has 116 valence electrons. The van der Waals surface area contributed by atoms with E-state index in [4.69, 9.17) is 8.83 Å². The van der Waals surface area contributed by atoms with Crippen LogP contribution >= 0.6 is 0 Å². The highest BCUT2D eigenvalue weighted by atomic mass is 16.4. The molecule has 0 aliphatic heterocycles. The van der Waals surface area contributed by atoms with Gasteiger partial charge in [-0.3, -0.25) is 0 Å².